The van der Waals surface area contributed by atoms with Gasteiger partial charge in [0.2, 0.25) is 0 Å². The molecule has 0 heterocycles. The number of hydrogen-bond donors (Lipinski definition) is 2. The van der Waals surface area contributed by atoms with Crippen molar-refractivity contribution < 1.29 is 19.4 Å². The highest BCUT2D eigenvalue weighted by molar-refractivity contribution is 5.87. The number of ether oxygens (including phenoxy) is 1. The molecule has 1 amide bonds. The smallest absolute Gasteiger partial charge is 0.329 e. The maximum absolute atomic E-state index is 12.0. The van der Waals surface area contributed by atoms with E-state index in [2.05, 4.69) is 12.2 Å². The number of carboxylic acid groups (broad SMARTS) is 1. The van der Waals surface area contributed by atoms with E-state index in [1.165, 1.54) is 0 Å². The van der Waals surface area contributed by atoms with Gasteiger partial charge in [-0.3, -0.25) is 4.79 Å². The van der Waals surface area contributed by atoms with Gasteiger partial charge in [-0.1, -0.05) is 6.92 Å². The molecule has 0 unspecified atom stereocenters. The molecule has 0 radical (unpaired) electrons. The summed E-state index contributed by atoms with van der Waals surface area (Å²) in [6.07, 6.45) is 2.43. The summed E-state index contributed by atoms with van der Waals surface area (Å²) in [5.74, 6) is -0.502. The van der Waals surface area contributed by atoms with E-state index in [0.717, 1.165) is 12.8 Å². The van der Waals surface area contributed by atoms with Gasteiger partial charge in [0, 0.05) is 0 Å². The highest BCUT2D eigenvalue weighted by Crippen LogP contribution is 2.32. The summed E-state index contributed by atoms with van der Waals surface area (Å²) in [6, 6.07) is 8.37. The number of carbonyl (C=O) groups excluding carboxylic acids is 1. The second-order valence-electron chi connectivity index (χ2n) is 6.04. The number of amides is 1. The lowest BCUT2D eigenvalue weighted by atomic mass is 9.77. The van der Waals surface area contributed by atoms with Crippen molar-refractivity contribution in [3.63, 3.8) is 0 Å². The van der Waals surface area contributed by atoms with Gasteiger partial charge in [0.15, 0.2) is 6.61 Å². The van der Waals surface area contributed by atoms with Crippen LogP contribution in [0.15, 0.2) is 24.3 Å². The zero-order chi connectivity index (χ0) is 16.9. The predicted octanol–water partition coefficient (Wildman–Crippen LogP) is 2.09. The van der Waals surface area contributed by atoms with E-state index >= 15 is 0 Å². The summed E-state index contributed by atoms with van der Waals surface area (Å²) in [6.45, 7) is 1.83. The average molecular weight is 316 g/mol. The largest absolute Gasteiger partial charge is 0.484 e. The van der Waals surface area contributed by atoms with Gasteiger partial charge in [-0.15, -0.1) is 0 Å². The molecule has 1 aromatic rings. The van der Waals surface area contributed by atoms with Crippen molar-refractivity contribution in [1.82, 2.24) is 5.32 Å². The number of nitriles is 1. The Morgan fingerprint density at radius 1 is 1.35 bits per heavy atom. The van der Waals surface area contributed by atoms with Gasteiger partial charge in [-0.05, 0) is 55.9 Å². The van der Waals surface area contributed by atoms with E-state index in [0.29, 0.717) is 30.1 Å². The number of benzene rings is 1. The first kappa shape index (κ1) is 16.8. The topological polar surface area (TPSA) is 99.4 Å². The molecule has 1 aliphatic rings. The van der Waals surface area contributed by atoms with Crippen molar-refractivity contribution in [1.29, 1.82) is 5.26 Å². The molecule has 1 saturated carbocycles. The SMILES string of the molecule is CC1CCC(NC(=O)COc2ccc(C#N)cc2)(C(=O)O)CC1. The zero-order valence-electron chi connectivity index (χ0n) is 13.0. The molecule has 122 valence electrons. The number of nitrogens with zero attached hydrogens (tertiary/aromatic N) is 1. The Hall–Kier alpha value is -2.55. The van der Waals surface area contributed by atoms with Crippen molar-refractivity contribution in [3.8, 4) is 11.8 Å². The minimum Gasteiger partial charge on any atom is -0.484 e. The third-order valence-electron chi connectivity index (χ3n) is 4.27. The Morgan fingerprint density at radius 2 is 1.96 bits per heavy atom. The van der Waals surface area contributed by atoms with Gasteiger partial charge in [-0.2, -0.15) is 5.26 Å². The Labute approximate surface area is 135 Å². The van der Waals surface area contributed by atoms with Gasteiger partial charge in [0.05, 0.1) is 11.6 Å². The van der Waals surface area contributed by atoms with E-state index in [-0.39, 0.29) is 6.61 Å². The van der Waals surface area contributed by atoms with Crippen LogP contribution in [0, 0.1) is 17.2 Å². The minimum atomic E-state index is -1.18. The lowest BCUT2D eigenvalue weighted by molar-refractivity contribution is -0.150. The first-order chi connectivity index (χ1) is 10.9. The van der Waals surface area contributed by atoms with Gasteiger partial charge in [0.1, 0.15) is 11.3 Å². The molecule has 0 aliphatic heterocycles. The standard InChI is InChI=1S/C17H20N2O4/c1-12-6-8-17(9-7-12,16(21)22)19-15(20)11-23-14-4-2-13(10-18)3-5-14/h2-5,12H,6-9,11H2,1H3,(H,19,20)(H,21,22). The fourth-order valence-corrected chi connectivity index (χ4v) is 2.72. The maximum Gasteiger partial charge on any atom is 0.329 e. The molecule has 6 heteroatoms. The molecule has 0 atom stereocenters. The first-order valence-electron chi connectivity index (χ1n) is 7.62. The Bertz CT molecular complexity index is 610. The number of nitrogens with one attached hydrogen (secondary N) is 1. The number of carboxylic acids is 1. The lowest BCUT2D eigenvalue weighted by Gasteiger charge is -2.36. The summed E-state index contributed by atoms with van der Waals surface area (Å²) >= 11 is 0. The molecular weight excluding hydrogens is 296 g/mol. The molecule has 1 aliphatic carbocycles. The van der Waals surface area contributed by atoms with Gasteiger partial charge >= 0.3 is 5.97 Å². The van der Waals surface area contributed by atoms with Crippen LogP contribution < -0.4 is 10.1 Å². The van der Waals surface area contributed by atoms with Crippen molar-refractivity contribution in [2.45, 2.75) is 38.1 Å². The van der Waals surface area contributed by atoms with Crippen molar-refractivity contribution in [2.24, 2.45) is 5.92 Å². The van der Waals surface area contributed by atoms with E-state index in [1.54, 1.807) is 24.3 Å². The van der Waals surface area contributed by atoms with E-state index < -0.39 is 17.4 Å². The Kier molecular flexibility index (Phi) is 5.22. The Morgan fingerprint density at radius 3 is 2.48 bits per heavy atom. The zero-order valence-corrected chi connectivity index (χ0v) is 13.0. The quantitative estimate of drug-likeness (QED) is 0.866. The van der Waals surface area contributed by atoms with Gasteiger partial charge in [-0.25, -0.2) is 4.79 Å². The number of aliphatic carboxylic acids is 1. The van der Waals surface area contributed by atoms with Crippen LogP contribution in [0.25, 0.3) is 0 Å². The second kappa shape index (κ2) is 7.14. The summed E-state index contributed by atoms with van der Waals surface area (Å²) < 4.78 is 5.34. The fraction of sp³-hybridized carbons (Fsp3) is 0.471. The summed E-state index contributed by atoms with van der Waals surface area (Å²) in [4.78, 5) is 23.6. The second-order valence-corrected chi connectivity index (χ2v) is 6.04. The lowest BCUT2D eigenvalue weighted by Crippen LogP contribution is -2.57. The van der Waals surface area contributed by atoms with Crippen LogP contribution in [0.2, 0.25) is 0 Å². The summed E-state index contributed by atoms with van der Waals surface area (Å²) in [5, 5.41) is 20.8. The molecule has 2 N–H and O–H groups in total. The number of rotatable bonds is 5. The molecule has 1 aromatic carbocycles. The monoisotopic (exact) mass is 316 g/mol. The van der Waals surface area contributed by atoms with Gasteiger partial charge < -0.3 is 15.2 Å². The van der Waals surface area contributed by atoms with Crippen molar-refractivity contribution in [3.05, 3.63) is 29.8 Å². The molecule has 0 spiro atoms. The predicted molar refractivity (Wildman–Crippen MR) is 82.8 cm³/mol. The Balaban J connectivity index is 1.92. The average Bonchev–Trinajstić information content (AvgIpc) is 2.55. The van der Waals surface area contributed by atoms with Crippen LogP contribution in [-0.4, -0.2) is 29.1 Å². The molecule has 23 heavy (non-hydrogen) atoms. The third kappa shape index (κ3) is 4.22. The number of carbonyl (C=O) groups is 2. The van der Waals surface area contributed by atoms with E-state index in [4.69, 9.17) is 10.00 Å². The minimum absolute atomic E-state index is 0.253. The highest BCUT2D eigenvalue weighted by Gasteiger charge is 2.42. The normalized spacial score (nSPS) is 23.6. The molecule has 0 saturated heterocycles. The van der Waals surface area contributed by atoms with E-state index in [1.807, 2.05) is 6.07 Å². The van der Waals surface area contributed by atoms with Crippen LogP contribution in [-0.2, 0) is 9.59 Å². The number of hydrogen-bond acceptors (Lipinski definition) is 4. The van der Waals surface area contributed by atoms with Crippen LogP contribution in [0.4, 0.5) is 0 Å². The summed E-state index contributed by atoms with van der Waals surface area (Å²) in [5.41, 5.74) is -0.680. The first-order valence-corrected chi connectivity index (χ1v) is 7.62. The van der Waals surface area contributed by atoms with Crippen molar-refractivity contribution >= 4 is 11.9 Å². The summed E-state index contributed by atoms with van der Waals surface area (Å²) in [7, 11) is 0. The van der Waals surface area contributed by atoms with Gasteiger partial charge in [0.25, 0.3) is 5.91 Å². The highest BCUT2D eigenvalue weighted by atomic mass is 16.5. The van der Waals surface area contributed by atoms with Crippen LogP contribution in [0.1, 0.15) is 38.2 Å². The molecular formula is C17H20N2O4. The molecule has 0 aromatic heterocycles. The van der Waals surface area contributed by atoms with Crippen LogP contribution >= 0.6 is 0 Å². The molecule has 2 rings (SSSR count). The molecule has 1 fully saturated rings. The fourth-order valence-electron chi connectivity index (χ4n) is 2.72. The maximum atomic E-state index is 12.0. The molecule has 0 bridgehead atoms. The van der Waals surface area contributed by atoms with Crippen LogP contribution in [0.5, 0.6) is 5.75 Å². The third-order valence-corrected chi connectivity index (χ3v) is 4.27. The van der Waals surface area contributed by atoms with Crippen LogP contribution in [0.3, 0.4) is 0 Å². The molecule has 6 nitrogen and oxygen atoms in total. The van der Waals surface area contributed by atoms with Crippen molar-refractivity contribution in [2.75, 3.05) is 6.61 Å². The van der Waals surface area contributed by atoms with E-state index in [9.17, 15) is 14.7 Å².